The number of aromatic amines is 1. The van der Waals surface area contributed by atoms with Crippen LogP contribution in [0, 0.1) is 0 Å². The Morgan fingerprint density at radius 2 is 2.00 bits per heavy atom. The number of carbonyl (C=O) groups is 3. The number of imidazole rings is 1. The summed E-state index contributed by atoms with van der Waals surface area (Å²) in [5, 5.41) is 4.64. The fraction of sp³-hybridized carbons (Fsp3) is 0.208. The number of nitrogens with zero attached hydrogens (tertiary/aromatic N) is 3. The van der Waals surface area contributed by atoms with Crippen molar-refractivity contribution in [2.75, 3.05) is 20.7 Å². The van der Waals surface area contributed by atoms with Gasteiger partial charge < -0.3 is 24.4 Å². The standard InChI is InChI=1S/C13H9N5O3.C11H13NO2/c19-12-10(17-13(20)18-12)9-4-7-8(21-9)3-6(5-16-7)11-14-1-2-15-11;1-12-6-5-8-3-4-9(14-2)7-10(8)11(12)13/h1-5,10H,(H,14,15)(H2,17,18,19,20);3-4,7H,5-6H2,1-2H3. The molecule has 2 aliphatic rings. The maximum Gasteiger partial charge on any atom is 0.322 e. The van der Waals surface area contributed by atoms with Gasteiger partial charge in [-0.05, 0) is 30.2 Å². The SMILES string of the molecule is COc1ccc2c(c1)C(=O)N(C)CC2.O=C1NC(=O)C(c2cc3ncc(-c4ncc[nH]4)cc3o2)N1. The summed E-state index contributed by atoms with van der Waals surface area (Å²) < 4.78 is 10.7. The van der Waals surface area contributed by atoms with Crippen LogP contribution in [0.2, 0.25) is 0 Å². The number of amides is 4. The second-order valence-corrected chi connectivity index (χ2v) is 8.09. The Bertz CT molecular complexity index is 1430. The molecule has 1 atom stereocenters. The third-order valence-electron chi connectivity index (χ3n) is 5.83. The second-order valence-electron chi connectivity index (χ2n) is 8.09. The minimum atomic E-state index is -0.821. The number of urea groups is 1. The molecule has 1 aromatic carbocycles. The molecule has 1 saturated heterocycles. The molecule has 4 amide bonds. The van der Waals surface area contributed by atoms with Crippen LogP contribution in [-0.4, -0.2) is 58.4 Å². The van der Waals surface area contributed by atoms with Gasteiger partial charge in [-0.2, -0.15) is 0 Å². The lowest BCUT2D eigenvalue weighted by molar-refractivity contribution is -0.120. The summed E-state index contributed by atoms with van der Waals surface area (Å²) in [5.41, 5.74) is 3.79. The van der Waals surface area contributed by atoms with Gasteiger partial charge in [-0.25, -0.2) is 9.78 Å². The molecule has 1 unspecified atom stereocenters. The second kappa shape index (κ2) is 8.93. The molecule has 0 radical (unpaired) electrons. The van der Waals surface area contributed by atoms with Gasteiger partial charge in [-0.15, -0.1) is 0 Å². The zero-order valence-electron chi connectivity index (χ0n) is 19.0. The van der Waals surface area contributed by atoms with Gasteiger partial charge in [0.2, 0.25) is 0 Å². The first-order valence-electron chi connectivity index (χ1n) is 10.9. The van der Waals surface area contributed by atoms with Crippen molar-refractivity contribution < 1.29 is 23.5 Å². The van der Waals surface area contributed by atoms with E-state index in [1.165, 1.54) is 0 Å². The molecule has 11 nitrogen and oxygen atoms in total. The molecular weight excluding hydrogens is 452 g/mol. The molecule has 4 aromatic rings. The number of benzene rings is 1. The highest BCUT2D eigenvalue weighted by atomic mass is 16.5. The first-order valence-corrected chi connectivity index (χ1v) is 10.9. The minimum Gasteiger partial charge on any atom is -0.497 e. The summed E-state index contributed by atoms with van der Waals surface area (Å²) in [7, 11) is 3.43. The Balaban J connectivity index is 0.000000158. The van der Waals surface area contributed by atoms with Crippen molar-refractivity contribution in [1.29, 1.82) is 0 Å². The molecule has 0 saturated carbocycles. The molecular formula is C24H22N6O5. The van der Waals surface area contributed by atoms with E-state index in [2.05, 4.69) is 25.6 Å². The number of H-pyrrole nitrogens is 1. The van der Waals surface area contributed by atoms with Crippen LogP contribution in [0.3, 0.4) is 0 Å². The molecule has 11 heteroatoms. The minimum absolute atomic E-state index is 0.0881. The first-order chi connectivity index (χ1) is 16.9. The summed E-state index contributed by atoms with van der Waals surface area (Å²) >= 11 is 0. The quantitative estimate of drug-likeness (QED) is 0.387. The molecule has 0 bridgehead atoms. The Morgan fingerprint density at radius 3 is 2.71 bits per heavy atom. The lowest BCUT2D eigenvalue weighted by Crippen LogP contribution is -2.34. The molecule has 5 heterocycles. The number of aromatic nitrogens is 3. The fourth-order valence-corrected chi connectivity index (χ4v) is 3.94. The van der Waals surface area contributed by atoms with Gasteiger partial charge in [0.1, 0.15) is 22.9 Å². The molecule has 2 aliphatic heterocycles. The van der Waals surface area contributed by atoms with Crippen molar-refractivity contribution in [2.45, 2.75) is 12.5 Å². The van der Waals surface area contributed by atoms with E-state index in [0.717, 1.165) is 35.4 Å². The van der Waals surface area contributed by atoms with E-state index in [4.69, 9.17) is 9.15 Å². The van der Waals surface area contributed by atoms with E-state index in [0.29, 0.717) is 22.7 Å². The van der Waals surface area contributed by atoms with E-state index >= 15 is 0 Å². The Kier molecular flexibility index (Phi) is 5.65. The third-order valence-corrected chi connectivity index (χ3v) is 5.83. The number of nitrogens with one attached hydrogen (secondary N) is 3. The highest BCUT2D eigenvalue weighted by Crippen LogP contribution is 2.27. The molecule has 0 aliphatic carbocycles. The molecule has 178 valence electrons. The Hall–Kier alpha value is -4.67. The van der Waals surface area contributed by atoms with Gasteiger partial charge in [0.15, 0.2) is 11.6 Å². The van der Waals surface area contributed by atoms with E-state index in [9.17, 15) is 14.4 Å². The fourth-order valence-electron chi connectivity index (χ4n) is 3.94. The Labute approximate surface area is 199 Å². The number of carbonyl (C=O) groups excluding carboxylic acids is 3. The van der Waals surface area contributed by atoms with E-state index in [1.54, 1.807) is 42.7 Å². The van der Waals surface area contributed by atoms with Crippen LogP contribution in [0.4, 0.5) is 4.79 Å². The number of hydrogen-bond donors (Lipinski definition) is 3. The predicted molar refractivity (Wildman–Crippen MR) is 125 cm³/mol. The molecule has 6 rings (SSSR count). The van der Waals surface area contributed by atoms with E-state index in [-0.39, 0.29) is 5.91 Å². The maximum absolute atomic E-state index is 11.8. The molecule has 1 fully saturated rings. The van der Waals surface area contributed by atoms with Gasteiger partial charge in [-0.3, -0.25) is 19.9 Å². The van der Waals surface area contributed by atoms with Crippen molar-refractivity contribution in [3.05, 3.63) is 65.8 Å². The van der Waals surface area contributed by atoms with Gasteiger partial charge in [-0.1, -0.05) is 6.07 Å². The van der Waals surface area contributed by atoms with Crippen LogP contribution in [0.25, 0.3) is 22.5 Å². The van der Waals surface area contributed by atoms with Crippen LogP contribution in [0.1, 0.15) is 27.7 Å². The average Bonchev–Trinajstić information content (AvgIpc) is 3.61. The van der Waals surface area contributed by atoms with E-state index in [1.807, 2.05) is 25.2 Å². The largest absolute Gasteiger partial charge is 0.497 e. The maximum atomic E-state index is 11.8. The van der Waals surface area contributed by atoms with Gasteiger partial charge in [0.05, 0.1) is 7.11 Å². The Morgan fingerprint density at radius 1 is 1.14 bits per heavy atom. The van der Waals surface area contributed by atoms with Gasteiger partial charge >= 0.3 is 6.03 Å². The van der Waals surface area contributed by atoms with Crippen molar-refractivity contribution in [3.63, 3.8) is 0 Å². The normalized spacial score (nSPS) is 16.9. The van der Waals surface area contributed by atoms with Crippen molar-refractivity contribution in [3.8, 4) is 17.1 Å². The summed E-state index contributed by atoms with van der Waals surface area (Å²) in [4.78, 5) is 47.7. The molecule has 3 aromatic heterocycles. The van der Waals surface area contributed by atoms with Gasteiger partial charge in [0.25, 0.3) is 11.8 Å². The van der Waals surface area contributed by atoms with E-state index < -0.39 is 18.0 Å². The summed E-state index contributed by atoms with van der Waals surface area (Å²) in [6.45, 7) is 0.804. The van der Waals surface area contributed by atoms with Crippen molar-refractivity contribution in [2.24, 2.45) is 0 Å². The van der Waals surface area contributed by atoms with Crippen LogP contribution in [0.15, 0.2) is 53.3 Å². The number of furan rings is 1. The van der Waals surface area contributed by atoms with Crippen LogP contribution >= 0.6 is 0 Å². The van der Waals surface area contributed by atoms with Crippen LogP contribution in [0.5, 0.6) is 5.75 Å². The molecule has 35 heavy (non-hydrogen) atoms. The number of pyridine rings is 1. The number of fused-ring (bicyclic) bond motifs is 2. The summed E-state index contributed by atoms with van der Waals surface area (Å²) in [6.07, 6.45) is 5.95. The summed E-state index contributed by atoms with van der Waals surface area (Å²) in [5.74, 6) is 1.41. The monoisotopic (exact) mass is 474 g/mol. The lowest BCUT2D eigenvalue weighted by Gasteiger charge is -2.24. The van der Waals surface area contributed by atoms with Crippen LogP contribution < -0.4 is 15.4 Å². The first kappa shape index (κ1) is 22.1. The third kappa shape index (κ3) is 4.31. The number of likely N-dealkylation sites (N-methyl/N-ethyl adjacent to an activating group) is 1. The molecule has 3 N–H and O–H groups in total. The van der Waals surface area contributed by atoms with Crippen molar-refractivity contribution in [1.82, 2.24) is 30.5 Å². The highest BCUT2D eigenvalue weighted by molar-refractivity contribution is 6.04. The molecule has 0 spiro atoms. The zero-order chi connectivity index (χ0) is 24.5. The lowest BCUT2D eigenvalue weighted by atomic mass is 9.99. The van der Waals surface area contributed by atoms with Crippen LogP contribution in [-0.2, 0) is 11.2 Å². The zero-order valence-corrected chi connectivity index (χ0v) is 19.0. The number of hydrogen-bond acceptors (Lipinski definition) is 7. The number of rotatable bonds is 3. The average molecular weight is 474 g/mol. The number of imide groups is 1. The number of ether oxygens (including phenoxy) is 1. The highest BCUT2D eigenvalue weighted by Gasteiger charge is 2.33. The van der Waals surface area contributed by atoms with Crippen molar-refractivity contribution >= 4 is 28.9 Å². The van der Waals surface area contributed by atoms with Gasteiger partial charge in [0, 0.05) is 49.4 Å². The topological polar surface area (TPSA) is 142 Å². The predicted octanol–water partition coefficient (Wildman–Crippen LogP) is 2.42. The number of methoxy groups -OCH3 is 1. The smallest absolute Gasteiger partial charge is 0.322 e. The summed E-state index contributed by atoms with van der Waals surface area (Å²) in [6, 6.07) is 7.74.